The van der Waals surface area contributed by atoms with E-state index >= 15 is 0 Å². The summed E-state index contributed by atoms with van der Waals surface area (Å²) < 4.78 is 0. The van der Waals surface area contributed by atoms with Crippen molar-refractivity contribution < 1.29 is 0 Å². The number of rotatable bonds is 2. The van der Waals surface area contributed by atoms with Crippen LogP contribution in [0, 0.1) is 0 Å². The molecule has 1 nitrogen and oxygen atoms in total. The molecule has 0 fully saturated rings. The number of thiol groups is 1. The number of nitrogens with two attached hydrogens (primary N) is 1. The molecule has 0 aliphatic carbocycles. The van der Waals surface area contributed by atoms with E-state index in [2.05, 4.69) is 6.92 Å². The van der Waals surface area contributed by atoms with Crippen LogP contribution < -0.4 is 5.73 Å². The summed E-state index contributed by atoms with van der Waals surface area (Å²) in [6.45, 7) is 2.15. The van der Waals surface area contributed by atoms with E-state index in [1.54, 1.807) is 5.49 Å². The predicted octanol–water partition coefficient (Wildman–Crippen LogP) is 0.580. The zero-order chi connectivity index (χ0) is 4.83. The number of hydrogen-bond acceptors (Lipinski definition) is 0. The van der Waals surface area contributed by atoms with Gasteiger partial charge in [0.1, 0.15) is 0 Å². The van der Waals surface area contributed by atoms with Gasteiger partial charge in [0, 0.05) is 0 Å². The smallest absolute Gasteiger partial charge is 0.00423 e. The van der Waals surface area contributed by atoms with Crippen LogP contribution in [0.25, 0.3) is 0 Å². The van der Waals surface area contributed by atoms with Gasteiger partial charge in [0.2, 0.25) is 0 Å². The van der Waals surface area contributed by atoms with Gasteiger partial charge in [0.05, 0.1) is 0 Å². The summed E-state index contributed by atoms with van der Waals surface area (Å²) in [7, 11) is 0. The highest BCUT2D eigenvalue weighted by Crippen LogP contribution is 1.83. The minimum absolute atomic E-state index is 1.20. The molecule has 0 radical (unpaired) electrons. The summed E-state index contributed by atoms with van der Waals surface area (Å²) in [6, 6.07) is 0. The van der Waals surface area contributed by atoms with Crippen molar-refractivity contribution >= 4 is 16.8 Å². The first-order chi connectivity index (χ1) is 2.91. The maximum absolute atomic E-state index is 5.08. The maximum Gasteiger partial charge on any atom is -0.00423 e. The van der Waals surface area contributed by atoms with Gasteiger partial charge in [-0.05, 0) is 17.7 Å². The van der Waals surface area contributed by atoms with Gasteiger partial charge in [-0.3, -0.25) is 0 Å². The SMILES string of the molecule is CCC[SH]=CN. The topological polar surface area (TPSA) is 26.0 Å². The molecular weight excluding hydrogens is 94.1 g/mol. The van der Waals surface area contributed by atoms with Crippen LogP contribution in [0.4, 0.5) is 0 Å². The molecule has 0 atom stereocenters. The summed E-state index contributed by atoms with van der Waals surface area (Å²) in [5, 5.41) is 0. The van der Waals surface area contributed by atoms with Crippen LogP contribution in [-0.2, 0) is 0 Å². The maximum atomic E-state index is 5.08. The van der Waals surface area contributed by atoms with Gasteiger partial charge < -0.3 is 5.73 Å². The van der Waals surface area contributed by atoms with Crippen LogP contribution in [0.15, 0.2) is 0 Å². The average molecular weight is 105 g/mol. The minimum Gasteiger partial charge on any atom is -0.304 e. The lowest BCUT2D eigenvalue weighted by molar-refractivity contribution is 1.11. The Morgan fingerprint density at radius 2 is 2.50 bits per heavy atom. The van der Waals surface area contributed by atoms with Gasteiger partial charge in [0.15, 0.2) is 0 Å². The van der Waals surface area contributed by atoms with Crippen LogP contribution in [-0.4, -0.2) is 11.2 Å². The Labute approximate surface area is 42.5 Å². The highest BCUT2D eigenvalue weighted by Gasteiger charge is 1.63. The molecule has 0 heterocycles. The van der Waals surface area contributed by atoms with E-state index in [9.17, 15) is 0 Å². The van der Waals surface area contributed by atoms with Gasteiger partial charge >= 0.3 is 0 Å². The Morgan fingerprint density at radius 3 is 2.67 bits per heavy atom. The van der Waals surface area contributed by atoms with Gasteiger partial charge in [0.25, 0.3) is 0 Å². The molecule has 0 bridgehead atoms. The third-order valence-electron chi connectivity index (χ3n) is 0.458. The van der Waals surface area contributed by atoms with Crippen LogP contribution in [0.1, 0.15) is 13.3 Å². The van der Waals surface area contributed by atoms with Crippen molar-refractivity contribution in [2.75, 3.05) is 5.75 Å². The van der Waals surface area contributed by atoms with E-state index in [1.807, 2.05) is 0 Å². The Kier molecular flexibility index (Phi) is 5.34. The lowest BCUT2D eigenvalue weighted by Gasteiger charge is -1.77. The first-order valence-corrected chi connectivity index (χ1v) is 3.26. The molecule has 0 aliphatic rings. The van der Waals surface area contributed by atoms with E-state index < -0.39 is 0 Å². The normalized spacial score (nSPS) is 11.7. The Bertz CT molecular complexity index is 42.8. The summed E-state index contributed by atoms with van der Waals surface area (Å²) >= 11 is 1.26. The molecule has 0 saturated carbocycles. The van der Waals surface area contributed by atoms with Crippen molar-refractivity contribution in [3.05, 3.63) is 0 Å². The Morgan fingerprint density at radius 1 is 1.83 bits per heavy atom. The lowest BCUT2D eigenvalue weighted by Crippen LogP contribution is -1.84. The zero-order valence-corrected chi connectivity index (χ0v) is 4.91. The molecule has 2 heteroatoms. The Balaban J connectivity index is 2.66. The minimum atomic E-state index is 1.20. The van der Waals surface area contributed by atoms with E-state index in [1.165, 1.54) is 23.5 Å². The van der Waals surface area contributed by atoms with E-state index in [-0.39, 0.29) is 0 Å². The molecule has 0 amide bonds. The van der Waals surface area contributed by atoms with Crippen LogP contribution in [0.2, 0.25) is 0 Å². The molecule has 6 heavy (non-hydrogen) atoms. The van der Waals surface area contributed by atoms with E-state index in [0.29, 0.717) is 0 Å². The molecule has 0 rings (SSSR count). The molecule has 2 N–H and O–H groups in total. The quantitative estimate of drug-likeness (QED) is 0.390. The molecule has 0 aromatic carbocycles. The summed E-state index contributed by atoms with van der Waals surface area (Å²) in [6.07, 6.45) is 1.23. The van der Waals surface area contributed by atoms with Gasteiger partial charge in [-0.1, -0.05) is 6.92 Å². The second-order valence-corrected chi connectivity index (χ2v) is 2.17. The zero-order valence-electron chi connectivity index (χ0n) is 4.02. The van der Waals surface area contributed by atoms with Crippen molar-refractivity contribution in [2.24, 2.45) is 5.73 Å². The second kappa shape index (κ2) is 5.18. The largest absolute Gasteiger partial charge is 0.304 e. The fraction of sp³-hybridized carbons (Fsp3) is 0.750. The second-order valence-electron chi connectivity index (χ2n) is 1.06. The first kappa shape index (κ1) is 6.18. The average Bonchev–Trinajstić information content (AvgIpc) is 1.61. The van der Waals surface area contributed by atoms with Crippen LogP contribution in [0.5, 0.6) is 0 Å². The predicted molar refractivity (Wildman–Crippen MR) is 34.4 cm³/mol. The standard InChI is InChI=1S/C4H11NS/c1-2-3-6-4-5/h4,6H,2-3,5H2,1H3. The molecular formula is C4H11NS. The van der Waals surface area contributed by atoms with Gasteiger partial charge in [-0.2, -0.15) is 11.4 Å². The first-order valence-electron chi connectivity index (χ1n) is 2.11. The molecule has 0 spiro atoms. The summed E-state index contributed by atoms with van der Waals surface area (Å²) in [5.41, 5.74) is 6.76. The highest BCUT2D eigenvalue weighted by molar-refractivity contribution is 7.97. The Hall–Kier alpha value is 0.180. The van der Waals surface area contributed by atoms with Gasteiger partial charge in [-0.25, -0.2) is 0 Å². The molecule has 0 aliphatic heterocycles. The van der Waals surface area contributed by atoms with E-state index in [4.69, 9.17) is 5.73 Å². The summed E-state index contributed by atoms with van der Waals surface area (Å²) in [4.78, 5) is 0. The monoisotopic (exact) mass is 105 g/mol. The highest BCUT2D eigenvalue weighted by atomic mass is 32.1. The summed E-state index contributed by atoms with van der Waals surface area (Å²) in [5.74, 6) is 1.20. The fourth-order valence-electron chi connectivity index (χ4n) is 0.204. The third kappa shape index (κ3) is 4.18. The molecule has 0 aromatic heterocycles. The van der Waals surface area contributed by atoms with Crippen LogP contribution in [0.3, 0.4) is 0 Å². The fourth-order valence-corrected chi connectivity index (χ4v) is 0.611. The molecule has 0 aromatic rings. The third-order valence-corrected chi connectivity index (χ3v) is 1.37. The van der Waals surface area contributed by atoms with Crippen molar-refractivity contribution in [3.8, 4) is 0 Å². The van der Waals surface area contributed by atoms with Crippen molar-refractivity contribution in [3.63, 3.8) is 0 Å². The van der Waals surface area contributed by atoms with Crippen molar-refractivity contribution in [1.82, 2.24) is 0 Å². The lowest BCUT2D eigenvalue weighted by atomic mass is 10.6. The van der Waals surface area contributed by atoms with Crippen LogP contribution >= 0.6 is 11.4 Å². The van der Waals surface area contributed by atoms with Gasteiger partial charge in [-0.15, -0.1) is 0 Å². The van der Waals surface area contributed by atoms with E-state index in [0.717, 1.165) is 0 Å². The molecule has 0 saturated heterocycles. The number of hydrogen-bond donors (Lipinski definition) is 2. The van der Waals surface area contributed by atoms with Crippen molar-refractivity contribution in [1.29, 1.82) is 0 Å². The van der Waals surface area contributed by atoms with Crippen molar-refractivity contribution in [2.45, 2.75) is 13.3 Å². The molecule has 0 unspecified atom stereocenters. The molecule has 38 valence electrons.